The van der Waals surface area contributed by atoms with Gasteiger partial charge in [-0.2, -0.15) is 0 Å². The number of piperidine rings is 1. The molecule has 10 nitrogen and oxygen atoms in total. The van der Waals surface area contributed by atoms with Crippen molar-refractivity contribution in [1.29, 1.82) is 0 Å². The normalized spacial score (nSPS) is 21.9. The summed E-state index contributed by atoms with van der Waals surface area (Å²) in [7, 11) is 0. The number of nitrogens with zero attached hydrogens (tertiary/aromatic N) is 3. The lowest BCUT2D eigenvalue weighted by Gasteiger charge is -2.24. The van der Waals surface area contributed by atoms with Crippen LogP contribution in [0.4, 0.5) is 5.69 Å². The summed E-state index contributed by atoms with van der Waals surface area (Å²) in [5.41, 5.74) is 4.40. The van der Waals surface area contributed by atoms with E-state index in [2.05, 4.69) is 33.0 Å². The standard InChI is InChI=1S/C24H34N6O4/c1-16-5-4-11-29(26-15-16)12-14-34-13-10-25-18-6-3-7-19-22(18)24(33)30(17(2)27-19)20-8-9-21(31)28-23(20)32/h3,6-7,16,20,25-26H,4-5,8-15H2,1-2H3,(H,28,31,32). The van der Waals surface area contributed by atoms with Crippen molar-refractivity contribution >= 4 is 28.4 Å². The van der Waals surface area contributed by atoms with Crippen LogP contribution in [0, 0.1) is 12.8 Å². The number of fused-ring (bicyclic) bond motifs is 1. The number of hydrogen-bond acceptors (Lipinski definition) is 8. The second-order valence-electron chi connectivity index (χ2n) is 9.14. The zero-order valence-corrected chi connectivity index (χ0v) is 19.9. The molecule has 0 aliphatic carbocycles. The van der Waals surface area contributed by atoms with E-state index in [9.17, 15) is 14.4 Å². The molecule has 2 aliphatic rings. The summed E-state index contributed by atoms with van der Waals surface area (Å²) >= 11 is 0. The van der Waals surface area contributed by atoms with Gasteiger partial charge in [0.05, 0.1) is 24.1 Å². The van der Waals surface area contributed by atoms with E-state index in [4.69, 9.17) is 4.74 Å². The number of rotatable bonds is 8. The Morgan fingerprint density at radius 1 is 1.21 bits per heavy atom. The Balaban J connectivity index is 1.38. The summed E-state index contributed by atoms with van der Waals surface area (Å²) in [6.45, 7) is 8.51. The van der Waals surface area contributed by atoms with Crippen LogP contribution in [0.25, 0.3) is 10.9 Å². The van der Waals surface area contributed by atoms with E-state index in [-0.39, 0.29) is 24.3 Å². The number of amides is 2. The Morgan fingerprint density at radius 2 is 2.06 bits per heavy atom. The lowest BCUT2D eigenvalue weighted by Crippen LogP contribution is -2.45. The van der Waals surface area contributed by atoms with E-state index in [0.717, 1.165) is 19.6 Å². The van der Waals surface area contributed by atoms with E-state index in [1.165, 1.54) is 17.4 Å². The summed E-state index contributed by atoms with van der Waals surface area (Å²) in [5, 5.41) is 8.27. The number of hydrazine groups is 1. The van der Waals surface area contributed by atoms with E-state index in [1.807, 2.05) is 12.1 Å². The lowest BCUT2D eigenvalue weighted by atomic mass is 10.1. The topological polar surface area (TPSA) is 118 Å². The van der Waals surface area contributed by atoms with Crippen LogP contribution in [0.15, 0.2) is 23.0 Å². The Kier molecular flexibility index (Phi) is 7.91. The van der Waals surface area contributed by atoms with Crippen molar-refractivity contribution in [3.63, 3.8) is 0 Å². The van der Waals surface area contributed by atoms with Crippen molar-refractivity contribution < 1.29 is 14.3 Å². The van der Waals surface area contributed by atoms with Gasteiger partial charge in [-0.15, -0.1) is 0 Å². The highest BCUT2D eigenvalue weighted by Crippen LogP contribution is 2.23. The number of ether oxygens (including phenoxy) is 1. The molecule has 2 fully saturated rings. The molecule has 0 saturated carbocycles. The Hall–Kier alpha value is -2.82. The summed E-state index contributed by atoms with van der Waals surface area (Å²) in [5.74, 6) is 0.372. The third-order valence-corrected chi connectivity index (χ3v) is 6.48. The Bertz CT molecular complexity index is 1100. The molecule has 3 N–H and O–H groups in total. The van der Waals surface area contributed by atoms with Crippen LogP contribution < -0.4 is 21.6 Å². The number of hydrogen-bond donors (Lipinski definition) is 3. The molecule has 1 aromatic heterocycles. The number of carbonyl (C=O) groups excluding carboxylic acids is 2. The minimum Gasteiger partial charge on any atom is -0.382 e. The average Bonchev–Trinajstić information content (AvgIpc) is 3.01. The highest BCUT2D eigenvalue weighted by Gasteiger charge is 2.30. The first-order valence-corrected chi connectivity index (χ1v) is 12.1. The summed E-state index contributed by atoms with van der Waals surface area (Å²) < 4.78 is 7.21. The van der Waals surface area contributed by atoms with Crippen molar-refractivity contribution in [3.8, 4) is 0 Å². The third-order valence-electron chi connectivity index (χ3n) is 6.48. The maximum absolute atomic E-state index is 13.4. The molecule has 0 bridgehead atoms. The number of anilines is 1. The zero-order valence-electron chi connectivity index (χ0n) is 19.9. The van der Waals surface area contributed by atoms with Gasteiger partial charge in [0.15, 0.2) is 0 Å². The molecule has 0 spiro atoms. The Morgan fingerprint density at radius 3 is 2.88 bits per heavy atom. The molecule has 2 unspecified atom stereocenters. The molecule has 0 radical (unpaired) electrons. The van der Waals surface area contributed by atoms with Gasteiger partial charge in [0.2, 0.25) is 11.8 Å². The van der Waals surface area contributed by atoms with E-state index >= 15 is 0 Å². The molecule has 10 heteroatoms. The first-order valence-electron chi connectivity index (χ1n) is 12.1. The van der Waals surface area contributed by atoms with Gasteiger partial charge in [0.25, 0.3) is 5.56 Å². The number of imide groups is 1. The van der Waals surface area contributed by atoms with Gasteiger partial charge in [-0.1, -0.05) is 13.0 Å². The number of aromatic nitrogens is 2. The van der Waals surface area contributed by atoms with Crippen LogP contribution in [-0.2, 0) is 14.3 Å². The van der Waals surface area contributed by atoms with Crippen LogP contribution in [0.2, 0.25) is 0 Å². The highest BCUT2D eigenvalue weighted by molar-refractivity contribution is 5.99. The van der Waals surface area contributed by atoms with Crippen LogP contribution in [0.1, 0.15) is 44.5 Å². The third kappa shape index (κ3) is 5.63. The van der Waals surface area contributed by atoms with Gasteiger partial charge >= 0.3 is 0 Å². The average molecular weight is 471 g/mol. The van der Waals surface area contributed by atoms with Crippen LogP contribution in [0.3, 0.4) is 0 Å². The molecule has 184 valence electrons. The molecule has 4 rings (SSSR count). The van der Waals surface area contributed by atoms with E-state index in [0.29, 0.717) is 48.1 Å². The number of aryl methyl sites for hydroxylation is 1. The van der Waals surface area contributed by atoms with E-state index in [1.54, 1.807) is 13.0 Å². The minimum atomic E-state index is -0.742. The second kappa shape index (κ2) is 11.1. The number of carbonyl (C=O) groups is 2. The van der Waals surface area contributed by atoms with Crippen LogP contribution in [-0.4, -0.2) is 65.8 Å². The zero-order chi connectivity index (χ0) is 24.1. The van der Waals surface area contributed by atoms with Gasteiger partial charge < -0.3 is 10.1 Å². The van der Waals surface area contributed by atoms with Crippen molar-refractivity contribution in [2.24, 2.45) is 5.92 Å². The van der Waals surface area contributed by atoms with Gasteiger partial charge in [0.1, 0.15) is 11.9 Å². The summed E-state index contributed by atoms with van der Waals surface area (Å²) in [6, 6.07) is 4.72. The molecule has 2 saturated heterocycles. The molecule has 3 heterocycles. The predicted octanol–water partition coefficient (Wildman–Crippen LogP) is 1.35. The molecular formula is C24H34N6O4. The minimum absolute atomic E-state index is 0.198. The van der Waals surface area contributed by atoms with E-state index < -0.39 is 11.9 Å². The van der Waals surface area contributed by atoms with Gasteiger partial charge in [-0.05, 0) is 44.2 Å². The first kappa shape index (κ1) is 24.3. The van der Waals surface area contributed by atoms with Gasteiger partial charge in [-0.25, -0.2) is 9.99 Å². The molecule has 2 amide bonds. The molecular weight excluding hydrogens is 436 g/mol. The van der Waals surface area contributed by atoms with Crippen molar-refractivity contribution in [2.45, 2.75) is 45.6 Å². The summed E-state index contributed by atoms with van der Waals surface area (Å²) in [4.78, 5) is 41.9. The second-order valence-corrected chi connectivity index (χ2v) is 9.14. The first-order chi connectivity index (χ1) is 16.4. The molecule has 2 atom stereocenters. The predicted molar refractivity (Wildman–Crippen MR) is 129 cm³/mol. The molecule has 2 aliphatic heterocycles. The SMILES string of the molecule is Cc1nc2cccc(NCCOCCN3CCCC(C)CN3)c2c(=O)n1C1CCC(=O)NC1=O. The lowest BCUT2D eigenvalue weighted by molar-refractivity contribution is -0.135. The van der Waals surface area contributed by atoms with Crippen molar-refractivity contribution in [3.05, 3.63) is 34.4 Å². The summed E-state index contributed by atoms with van der Waals surface area (Å²) in [6.07, 6.45) is 2.93. The van der Waals surface area contributed by atoms with Gasteiger partial charge in [0, 0.05) is 38.3 Å². The fraction of sp³-hybridized carbons (Fsp3) is 0.583. The number of nitrogens with one attached hydrogen (secondary N) is 3. The largest absolute Gasteiger partial charge is 0.382 e. The van der Waals surface area contributed by atoms with Crippen molar-refractivity contribution in [1.82, 2.24) is 25.3 Å². The van der Waals surface area contributed by atoms with Gasteiger partial charge in [-0.3, -0.25) is 29.7 Å². The molecule has 34 heavy (non-hydrogen) atoms. The highest BCUT2D eigenvalue weighted by atomic mass is 16.5. The Labute approximate surface area is 199 Å². The smallest absolute Gasteiger partial charge is 0.264 e. The van der Waals surface area contributed by atoms with Crippen molar-refractivity contribution in [2.75, 3.05) is 44.7 Å². The van der Waals surface area contributed by atoms with Crippen LogP contribution in [0.5, 0.6) is 0 Å². The maximum atomic E-state index is 13.4. The fourth-order valence-corrected chi connectivity index (χ4v) is 4.62. The molecule has 1 aromatic carbocycles. The monoisotopic (exact) mass is 470 g/mol. The molecule has 2 aromatic rings. The quantitative estimate of drug-likeness (QED) is 0.391. The number of benzene rings is 1. The van der Waals surface area contributed by atoms with Crippen LogP contribution >= 0.6 is 0 Å². The fourth-order valence-electron chi connectivity index (χ4n) is 4.62. The maximum Gasteiger partial charge on any atom is 0.264 e.